The number of aliphatic hydroxyl groups is 1. The van der Waals surface area contributed by atoms with Gasteiger partial charge in [-0.15, -0.1) is 0 Å². The molecule has 1 aromatic carbocycles. The molecule has 1 spiro atoms. The minimum atomic E-state index is -0.361. The molecule has 3 nitrogen and oxygen atoms in total. The molecule has 1 N–H and O–H groups in total. The first-order chi connectivity index (χ1) is 17.2. The standard InChI is InChI=1S/C33H48O3/c1-5-6-7-22-8-10-23(11-9-22)27-19-32(4)28(14-15-29(32)34)26-13-12-24-18-33(17-16-25(24)30(26)27)35-20-31(2,3)21-36-33/h8-11,24,26-29,34H,5-7,12-21H2,1-4H3. The first-order valence-electron chi connectivity index (χ1n) is 15.0. The first kappa shape index (κ1) is 25.1. The Morgan fingerprint density at radius 2 is 1.69 bits per heavy atom. The van der Waals surface area contributed by atoms with E-state index in [1.54, 1.807) is 11.1 Å². The van der Waals surface area contributed by atoms with E-state index in [9.17, 15) is 5.11 Å². The van der Waals surface area contributed by atoms with Crippen molar-refractivity contribution in [1.29, 1.82) is 0 Å². The molecule has 5 aliphatic rings. The number of ether oxygens (including phenoxy) is 2. The van der Waals surface area contributed by atoms with Crippen LogP contribution in [-0.4, -0.2) is 30.2 Å². The molecule has 6 atom stereocenters. The number of benzene rings is 1. The third kappa shape index (κ3) is 4.22. The third-order valence-electron chi connectivity index (χ3n) is 10.9. The van der Waals surface area contributed by atoms with Crippen molar-refractivity contribution in [1.82, 2.24) is 0 Å². The van der Waals surface area contributed by atoms with Gasteiger partial charge < -0.3 is 14.6 Å². The average molecular weight is 493 g/mol. The van der Waals surface area contributed by atoms with Gasteiger partial charge in [-0.05, 0) is 85.7 Å². The van der Waals surface area contributed by atoms with Crippen molar-refractivity contribution >= 4 is 0 Å². The Morgan fingerprint density at radius 3 is 2.42 bits per heavy atom. The second kappa shape index (κ2) is 9.24. The molecule has 3 saturated carbocycles. The van der Waals surface area contributed by atoms with E-state index in [1.165, 1.54) is 49.7 Å². The van der Waals surface area contributed by atoms with Gasteiger partial charge in [0.25, 0.3) is 0 Å². The molecule has 1 aliphatic heterocycles. The monoisotopic (exact) mass is 492 g/mol. The van der Waals surface area contributed by atoms with Gasteiger partial charge in [0.2, 0.25) is 0 Å². The van der Waals surface area contributed by atoms with Gasteiger partial charge in [0.1, 0.15) is 0 Å². The summed E-state index contributed by atoms with van der Waals surface area (Å²) in [6, 6.07) is 9.61. The van der Waals surface area contributed by atoms with Crippen LogP contribution in [0, 0.1) is 28.6 Å². The van der Waals surface area contributed by atoms with Gasteiger partial charge in [0.15, 0.2) is 5.79 Å². The van der Waals surface area contributed by atoms with Crippen LogP contribution in [0.2, 0.25) is 0 Å². The maximum Gasteiger partial charge on any atom is 0.169 e. The van der Waals surface area contributed by atoms with Crippen LogP contribution in [0.4, 0.5) is 0 Å². The van der Waals surface area contributed by atoms with E-state index in [0.717, 1.165) is 45.3 Å². The lowest BCUT2D eigenvalue weighted by molar-refractivity contribution is -0.312. The van der Waals surface area contributed by atoms with E-state index in [0.29, 0.717) is 23.7 Å². The van der Waals surface area contributed by atoms with E-state index >= 15 is 0 Å². The molecule has 0 amide bonds. The second-order valence-corrected chi connectivity index (χ2v) is 14.0. The Hall–Kier alpha value is -1.16. The highest BCUT2D eigenvalue weighted by molar-refractivity contribution is 5.41. The molecule has 36 heavy (non-hydrogen) atoms. The molecular formula is C33H48O3. The molecular weight excluding hydrogens is 444 g/mol. The maximum absolute atomic E-state index is 11.2. The number of allylic oxidation sites excluding steroid dienone is 2. The van der Waals surface area contributed by atoms with Gasteiger partial charge in [-0.1, -0.05) is 69.5 Å². The highest BCUT2D eigenvalue weighted by Crippen LogP contribution is 2.65. The van der Waals surface area contributed by atoms with E-state index in [2.05, 4.69) is 52.0 Å². The van der Waals surface area contributed by atoms with Crippen LogP contribution in [0.5, 0.6) is 0 Å². The van der Waals surface area contributed by atoms with E-state index in [-0.39, 0.29) is 22.7 Å². The zero-order valence-corrected chi connectivity index (χ0v) is 23.2. The van der Waals surface area contributed by atoms with Gasteiger partial charge in [-0.3, -0.25) is 0 Å². The molecule has 6 rings (SSSR count). The molecule has 4 aliphatic carbocycles. The van der Waals surface area contributed by atoms with Gasteiger partial charge in [-0.25, -0.2) is 0 Å². The summed E-state index contributed by atoms with van der Waals surface area (Å²) in [4.78, 5) is 0. The Labute approximate surface area is 219 Å². The highest BCUT2D eigenvalue weighted by Gasteiger charge is 2.57. The number of unbranched alkanes of at least 4 members (excludes halogenated alkanes) is 1. The van der Waals surface area contributed by atoms with Gasteiger partial charge >= 0.3 is 0 Å². The summed E-state index contributed by atoms with van der Waals surface area (Å²) in [5.41, 5.74) is 6.63. The summed E-state index contributed by atoms with van der Waals surface area (Å²) < 4.78 is 13.0. The smallest absolute Gasteiger partial charge is 0.169 e. The summed E-state index contributed by atoms with van der Waals surface area (Å²) in [5, 5.41) is 11.2. The number of aryl methyl sites for hydroxylation is 1. The van der Waals surface area contributed by atoms with Crippen LogP contribution in [0.3, 0.4) is 0 Å². The quantitative estimate of drug-likeness (QED) is 0.441. The van der Waals surface area contributed by atoms with Crippen LogP contribution in [-0.2, 0) is 15.9 Å². The van der Waals surface area contributed by atoms with Crippen LogP contribution in [0.15, 0.2) is 35.4 Å². The molecule has 198 valence electrons. The lowest BCUT2D eigenvalue weighted by Gasteiger charge is -2.55. The minimum Gasteiger partial charge on any atom is -0.393 e. The lowest BCUT2D eigenvalue weighted by atomic mass is 9.52. The highest BCUT2D eigenvalue weighted by atomic mass is 16.7. The Kier molecular flexibility index (Phi) is 6.45. The van der Waals surface area contributed by atoms with Crippen molar-refractivity contribution in [2.45, 2.75) is 116 Å². The second-order valence-electron chi connectivity index (χ2n) is 14.0. The molecule has 0 radical (unpaired) electrons. The molecule has 6 unspecified atom stereocenters. The number of rotatable bonds is 4. The van der Waals surface area contributed by atoms with E-state index < -0.39 is 0 Å². The van der Waals surface area contributed by atoms with Crippen molar-refractivity contribution < 1.29 is 14.6 Å². The topological polar surface area (TPSA) is 38.7 Å². The summed E-state index contributed by atoms with van der Waals surface area (Å²) in [7, 11) is 0. The number of aliphatic hydroxyl groups excluding tert-OH is 1. The molecule has 4 fully saturated rings. The predicted octanol–water partition coefficient (Wildman–Crippen LogP) is 7.57. The summed E-state index contributed by atoms with van der Waals surface area (Å²) in [6.45, 7) is 10.8. The zero-order chi connectivity index (χ0) is 25.1. The molecule has 0 aromatic heterocycles. The number of hydrogen-bond acceptors (Lipinski definition) is 3. The van der Waals surface area contributed by atoms with E-state index in [4.69, 9.17) is 9.47 Å². The Bertz CT molecular complexity index is 981. The fraction of sp³-hybridized carbons (Fsp3) is 0.758. The van der Waals surface area contributed by atoms with Crippen LogP contribution >= 0.6 is 0 Å². The van der Waals surface area contributed by atoms with Crippen LogP contribution < -0.4 is 0 Å². The molecule has 3 heteroatoms. The SMILES string of the molecule is CCCCc1ccc(C2CC3(C)C(O)CCC3C3CCC4CC5(CCC4=C23)OCC(C)(C)CO5)cc1. The maximum atomic E-state index is 11.2. The Morgan fingerprint density at radius 1 is 0.944 bits per heavy atom. The fourth-order valence-corrected chi connectivity index (χ4v) is 8.80. The number of fused-ring (bicyclic) bond motifs is 4. The average Bonchev–Trinajstić information content (AvgIpc) is 3.18. The van der Waals surface area contributed by atoms with Crippen molar-refractivity contribution in [2.75, 3.05) is 13.2 Å². The van der Waals surface area contributed by atoms with Crippen LogP contribution in [0.25, 0.3) is 0 Å². The fourth-order valence-electron chi connectivity index (χ4n) is 8.80. The van der Waals surface area contributed by atoms with E-state index in [1.807, 2.05) is 0 Å². The molecule has 1 aromatic rings. The zero-order valence-electron chi connectivity index (χ0n) is 23.2. The predicted molar refractivity (Wildman–Crippen MR) is 145 cm³/mol. The van der Waals surface area contributed by atoms with Gasteiger partial charge in [0, 0.05) is 24.2 Å². The summed E-state index contributed by atoms with van der Waals surface area (Å²) in [5.74, 6) is 1.95. The largest absolute Gasteiger partial charge is 0.393 e. The van der Waals surface area contributed by atoms with Gasteiger partial charge in [0.05, 0.1) is 19.3 Å². The molecule has 1 heterocycles. The Balaban J connectivity index is 1.34. The molecule has 1 saturated heterocycles. The minimum absolute atomic E-state index is 0.0458. The summed E-state index contributed by atoms with van der Waals surface area (Å²) >= 11 is 0. The third-order valence-corrected chi connectivity index (χ3v) is 10.9. The first-order valence-corrected chi connectivity index (χ1v) is 15.0. The lowest BCUT2D eigenvalue weighted by Crippen LogP contribution is -2.52. The number of hydrogen-bond donors (Lipinski definition) is 1. The van der Waals surface area contributed by atoms with Crippen molar-refractivity contribution in [2.24, 2.45) is 28.6 Å². The van der Waals surface area contributed by atoms with Crippen molar-refractivity contribution in [3.63, 3.8) is 0 Å². The van der Waals surface area contributed by atoms with Gasteiger partial charge in [-0.2, -0.15) is 0 Å². The summed E-state index contributed by atoms with van der Waals surface area (Å²) in [6.07, 6.45) is 12.5. The molecule has 0 bridgehead atoms. The van der Waals surface area contributed by atoms with Crippen molar-refractivity contribution in [3.05, 3.63) is 46.5 Å². The normalized spacial score (nSPS) is 39.0. The van der Waals surface area contributed by atoms with Crippen LogP contribution in [0.1, 0.15) is 109 Å². The van der Waals surface area contributed by atoms with Crippen molar-refractivity contribution in [3.8, 4) is 0 Å².